The van der Waals surface area contributed by atoms with Crippen molar-refractivity contribution in [2.24, 2.45) is 16.3 Å². The highest BCUT2D eigenvalue weighted by molar-refractivity contribution is 5.70. The molecule has 0 spiro atoms. The fourth-order valence-corrected chi connectivity index (χ4v) is 1.54. The Morgan fingerprint density at radius 3 is 2.50 bits per heavy atom. The van der Waals surface area contributed by atoms with Crippen molar-refractivity contribution in [3.63, 3.8) is 0 Å². The molecule has 0 bridgehead atoms. The van der Waals surface area contributed by atoms with Crippen molar-refractivity contribution in [2.75, 3.05) is 0 Å². The first kappa shape index (κ1) is 11.2. The molecule has 1 aliphatic rings. The van der Waals surface area contributed by atoms with Crippen molar-refractivity contribution in [2.45, 2.75) is 41.0 Å². The zero-order valence-electron chi connectivity index (χ0n) is 9.96. The Morgan fingerprint density at radius 1 is 1.36 bits per heavy atom. The number of nitrogens with zero attached hydrogens (tertiary/aromatic N) is 1. The lowest BCUT2D eigenvalue weighted by Crippen LogP contribution is -2.09. The maximum Gasteiger partial charge on any atom is 0.0428 e. The zero-order chi connectivity index (χ0) is 10.8. The summed E-state index contributed by atoms with van der Waals surface area (Å²) in [6.07, 6.45) is 7.69. The standard InChI is InChI=1S/C13H21N/c1-6-11-7-12(10(2)3)14-9-13(4,5)8-11/h7-10H,6H2,1-5H3. The highest BCUT2D eigenvalue weighted by atomic mass is 14.8. The van der Waals surface area contributed by atoms with Crippen LogP contribution in [0.3, 0.4) is 0 Å². The monoisotopic (exact) mass is 191 g/mol. The quantitative estimate of drug-likeness (QED) is 0.626. The van der Waals surface area contributed by atoms with Crippen LogP contribution in [0.25, 0.3) is 0 Å². The van der Waals surface area contributed by atoms with E-state index in [0.29, 0.717) is 5.92 Å². The topological polar surface area (TPSA) is 12.4 Å². The molecule has 1 rings (SSSR count). The number of rotatable bonds is 2. The Kier molecular flexibility index (Phi) is 3.30. The van der Waals surface area contributed by atoms with E-state index in [1.165, 1.54) is 11.3 Å². The molecule has 78 valence electrons. The van der Waals surface area contributed by atoms with E-state index in [-0.39, 0.29) is 5.41 Å². The summed E-state index contributed by atoms with van der Waals surface area (Å²) in [5, 5.41) is 0. The van der Waals surface area contributed by atoms with Gasteiger partial charge in [-0.05, 0) is 24.0 Å². The second-order valence-electron chi connectivity index (χ2n) is 4.88. The van der Waals surface area contributed by atoms with Gasteiger partial charge in [0.15, 0.2) is 0 Å². The van der Waals surface area contributed by atoms with Gasteiger partial charge in [-0.2, -0.15) is 0 Å². The van der Waals surface area contributed by atoms with E-state index in [4.69, 9.17) is 0 Å². The van der Waals surface area contributed by atoms with Gasteiger partial charge in [-0.3, -0.25) is 4.99 Å². The van der Waals surface area contributed by atoms with Gasteiger partial charge in [0.2, 0.25) is 0 Å². The van der Waals surface area contributed by atoms with Crippen LogP contribution in [0.15, 0.2) is 28.4 Å². The van der Waals surface area contributed by atoms with Gasteiger partial charge in [0, 0.05) is 17.3 Å². The average molecular weight is 191 g/mol. The Bertz CT molecular complexity index is 290. The van der Waals surface area contributed by atoms with Gasteiger partial charge in [0.1, 0.15) is 0 Å². The van der Waals surface area contributed by atoms with Gasteiger partial charge >= 0.3 is 0 Å². The minimum absolute atomic E-state index is 0.0957. The maximum absolute atomic E-state index is 4.56. The highest BCUT2D eigenvalue weighted by Gasteiger charge is 2.15. The molecule has 1 heteroatoms. The molecular formula is C13H21N. The molecule has 0 saturated heterocycles. The van der Waals surface area contributed by atoms with E-state index in [9.17, 15) is 0 Å². The van der Waals surface area contributed by atoms with Crippen LogP contribution in [-0.2, 0) is 0 Å². The van der Waals surface area contributed by atoms with E-state index >= 15 is 0 Å². The molecule has 1 aliphatic heterocycles. The van der Waals surface area contributed by atoms with Crippen molar-refractivity contribution in [1.82, 2.24) is 0 Å². The molecule has 14 heavy (non-hydrogen) atoms. The Morgan fingerprint density at radius 2 is 2.00 bits per heavy atom. The van der Waals surface area contributed by atoms with Crippen molar-refractivity contribution in [3.05, 3.63) is 23.4 Å². The molecule has 0 N–H and O–H groups in total. The molecule has 0 aromatic heterocycles. The summed E-state index contributed by atoms with van der Waals surface area (Å²) in [7, 11) is 0. The first-order valence-corrected chi connectivity index (χ1v) is 5.43. The minimum atomic E-state index is 0.0957. The Labute approximate surface area is 87.6 Å². The van der Waals surface area contributed by atoms with Crippen LogP contribution in [0.4, 0.5) is 0 Å². The molecule has 0 amide bonds. The van der Waals surface area contributed by atoms with Gasteiger partial charge < -0.3 is 0 Å². The van der Waals surface area contributed by atoms with Gasteiger partial charge in [0.25, 0.3) is 0 Å². The SMILES string of the molecule is CCC1=CC(C)(C)C=NC(C(C)C)=C1. The molecule has 1 nitrogen and oxygen atoms in total. The van der Waals surface area contributed by atoms with E-state index in [1.54, 1.807) is 0 Å². The molecule has 0 aromatic rings. The summed E-state index contributed by atoms with van der Waals surface area (Å²) in [5.74, 6) is 0.509. The lowest BCUT2D eigenvalue weighted by atomic mass is 9.92. The van der Waals surface area contributed by atoms with E-state index in [1.807, 2.05) is 0 Å². The van der Waals surface area contributed by atoms with Crippen LogP contribution in [0, 0.1) is 11.3 Å². The molecule has 0 unspecified atom stereocenters. The predicted molar refractivity (Wildman–Crippen MR) is 63.6 cm³/mol. The van der Waals surface area contributed by atoms with Gasteiger partial charge in [-0.15, -0.1) is 0 Å². The van der Waals surface area contributed by atoms with Crippen molar-refractivity contribution < 1.29 is 0 Å². The fraction of sp³-hybridized carbons (Fsp3) is 0.615. The second kappa shape index (κ2) is 4.12. The molecule has 0 radical (unpaired) electrons. The van der Waals surface area contributed by atoms with E-state index in [2.05, 4.69) is 58.0 Å². The molecule has 0 aromatic carbocycles. The first-order valence-electron chi connectivity index (χ1n) is 5.43. The predicted octanol–water partition coefficient (Wildman–Crippen LogP) is 3.97. The number of hydrogen-bond acceptors (Lipinski definition) is 1. The summed E-state index contributed by atoms with van der Waals surface area (Å²) in [6, 6.07) is 0. The van der Waals surface area contributed by atoms with Crippen molar-refractivity contribution in [3.8, 4) is 0 Å². The normalized spacial score (nSPS) is 20.4. The average Bonchev–Trinajstić information content (AvgIpc) is 2.23. The summed E-state index contributed by atoms with van der Waals surface area (Å²) in [6.45, 7) is 11.0. The zero-order valence-corrected chi connectivity index (χ0v) is 9.96. The third kappa shape index (κ3) is 2.83. The smallest absolute Gasteiger partial charge is 0.0428 e. The van der Waals surface area contributed by atoms with Crippen LogP contribution in [0.1, 0.15) is 41.0 Å². The lowest BCUT2D eigenvalue weighted by Gasteiger charge is -2.13. The molecular weight excluding hydrogens is 170 g/mol. The Balaban J connectivity index is 3.05. The van der Waals surface area contributed by atoms with Gasteiger partial charge in [-0.25, -0.2) is 0 Å². The fourth-order valence-electron chi connectivity index (χ4n) is 1.54. The molecule has 0 aliphatic carbocycles. The summed E-state index contributed by atoms with van der Waals surface area (Å²) in [4.78, 5) is 4.56. The number of aliphatic imine (C=N–C) groups is 1. The van der Waals surface area contributed by atoms with Crippen LogP contribution in [0.5, 0.6) is 0 Å². The first-order chi connectivity index (χ1) is 6.44. The van der Waals surface area contributed by atoms with Crippen LogP contribution in [0.2, 0.25) is 0 Å². The van der Waals surface area contributed by atoms with Gasteiger partial charge in [0.05, 0.1) is 0 Å². The largest absolute Gasteiger partial charge is 0.264 e. The molecule has 0 fully saturated rings. The van der Waals surface area contributed by atoms with E-state index < -0.39 is 0 Å². The van der Waals surface area contributed by atoms with Gasteiger partial charge in [-0.1, -0.05) is 40.7 Å². The number of allylic oxidation sites excluding steroid dienone is 4. The Hall–Kier alpha value is -0.850. The third-order valence-electron chi connectivity index (χ3n) is 2.44. The third-order valence-corrected chi connectivity index (χ3v) is 2.44. The summed E-state index contributed by atoms with van der Waals surface area (Å²) < 4.78 is 0. The molecule has 0 atom stereocenters. The van der Waals surface area contributed by atoms with Crippen LogP contribution in [-0.4, -0.2) is 6.21 Å². The molecule has 0 saturated carbocycles. The van der Waals surface area contributed by atoms with Crippen LogP contribution >= 0.6 is 0 Å². The van der Waals surface area contributed by atoms with E-state index in [0.717, 1.165) is 6.42 Å². The summed E-state index contributed by atoms with van der Waals surface area (Å²) >= 11 is 0. The minimum Gasteiger partial charge on any atom is -0.264 e. The highest BCUT2D eigenvalue weighted by Crippen LogP contribution is 2.26. The maximum atomic E-state index is 4.56. The van der Waals surface area contributed by atoms with Crippen LogP contribution < -0.4 is 0 Å². The second-order valence-corrected chi connectivity index (χ2v) is 4.88. The summed E-state index contributed by atoms with van der Waals surface area (Å²) in [5.41, 5.74) is 2.69. The molecule has 1 heterocycles. The number of hydrogen-bond donors (Lipinski definition) is 0. The lowest BCUT2D eigenvalue weighted by molar-refractivity contribution is 0.685. The van der Waals surface area contributed by atoms with Crippen molar-refractivity contribution in [1.29, 1.82) is 0 Å². The van der Waals surface area contributed by atoms with Crippen molar-refractivity contribution >= 4 is 6.21 Å².